The third-order valence-corrected chi connectivity index (χ3v) is 3.08. The van der Waals surface area contributed by atoms with E-state index in [9.17, 15) is 0 Å². The summed E-state index contributed by atoms with van der Waals surface area (Å²) in [6, 6.07) is 5.62. The molecule has 0 fully saturated rings. The Morgan fingerprint density at radius 3 is 2.76 bits per heavy atom. The maximum absolute atomic E-state index is 6.07. The Kier molecular flexibility index (Phi) is 6.19. The molecule has 2 N–H and O–H groups in total. The fraction of sp³-hybridized carbons (Fsp3) is 0.364. The van der Waals surface area contributed by atoms with Gasteiger partial charge in [-0.05, 0) is 44.5 Å². The van der Waals surface area contributed by atoms with E-state index in [1.54, 1.807) is 0 Å². The second kappa shape index (κ2) is 7.16. The summed E-state index contributed by atoms with van der Waals surface area (Å²) in [7, 11) is 4.04. The fourth-order valence-electron chi connectivity index (χ4n) is 1.15. The third kappa shape index (κ3) is 5.68. The Balaban J connectivity index is 2.45. The molecule has 1 aromatic carbocycles. The van der Waals surface area contributed by atoms with Crippen LogP contribution in [0.4, 0.5) is 5.69 Å². The quantitative estimate of drug-likeness (QED) is 0.827. The van der Waals surface area contributed by atoms with Crippen LogP contribution in [0.5, 0.6) is 0 Å². The zero-order chi connectivity index (χ0) is 12.8. The lowest BCUT2D eigenvalue weighted by atomic mass is 10.3. The Morgan fingerprint density at radius 1 is 1.47 bits per heavy atom. The van der Waals surface area contributed by atoms with Crippen molar-refractivity contribution in [2.75, 3.05) is 32.5 Å². The van der Waals surface area contributed by atoms with Crippen LogP contribution in [0, 0.1) is 0 Å². The molecule has 0 bridgehead atoms. The van der Waals surface area contributed by atoms with E-state index >= 15 is 0 Å². The molecule has 0 aliphatic carbocycles. The number of benzene rings is 1. The van der Waals surface area contributed by atoms with Crippen LogP contribution in [-0.4, -0.2) is 37.2 Å². The van der Waals surface area contributed by atoms with Gasteiger partial charge in [0, 0.05) is 17.6 Å². The number of nitrogens with zero attached hydrogens (tertiary/aromatic N) is 1. The van der Waals surface area contributed by atoms with Gasteiger partial charge in [-0.1, -0.05) is 27.5 Å². The Bertz CT molecular complexity index is 398. The molecule has 0 aromatic heterocycles. The topological polar surface area (TPSA) is 27.3 Å². The summed E-state index contributed by atoms with van der Waals surface area (Å²) in [5, 5.41) is 7.39. The molecule has 0 spiro atoms. The van der Waals surface area contributed by atoms with Crippen molar-refractivity contribution in [1.29, 1.82) is 0 Å². The second-order valence-electron chi connectivity index (χ2n) is 3.81. The van der Waals surface area contributed by atoms with Gasteiger partial charge in [0.2, 0.25) is 0 Å². The van der Waals surface area contributed by atoms with Crippen LogP contribution in [0.15, 0.2) is 22.7 Å². The zero-order valence-corrected chi connectivity index (χ0v) is 12.9. The van der Waals surface area contributed by atoms with Crippen molar-refractivity contribution in [3.8, 4) is 0 Å². The molecule has 1 aromatic rings. The fourth-order valence-corrected chi connectivity index (χ4v) is 2.08. The number of rotatable bonds is 4. The maximum Gasteiger partial charge on any atom is 0.170 e. The monoisotopic (exact) mass is 335 g/mol. The second-order valence-corrected chi connectivity index (χ2v) is 5.54. The Morgan fingerprint density at radius 2 is 2.18 bits per heavy atom. The van der Waals surface area contributed by atoms with Crippen LogP contribution < -0.4 is 10.6 Å². The molecule has 0 unspecified atom stereocenters. The van der Waals surface area contributed by atoms with Crippen molar-refractivity contribution in [2.45, 2.75) is 0 Å². The molecule has 1 rings (SSSR count). The third-order valence-electron chi connectivity index (χ3n) is 2.02. The number of anilines is 1. The highest BCUT2D eigenvalue weighted by Crippen LogP contribution is 2.25. The van der Waals surface area contributed by atoms with Gasteiger partial charge in [0.1, 0.15) is 0 Å². The van der Waals surface area contributed by atoms with Gasteiger partial charge < -0.3 is 15.5 Å². The minimum atomic E-state index is 0.580. The first-order valence-corrected chi connectivity index (χ1v) is 6.71. The molecule has 6 heteroatoms. The van der Waals surface area contributed by atoms with Crippen molar-refractivity contribution >= 4 is 50.5 Å². The van der Waals surface area contributed by atoms with Crippen LogP contribution in [-0.2, 0) is 0 Å². The molecule has 0 saturated carbocycles. The normalized spacial score (nSPS) is 10.4. The van der Waals surface area contributed by atoms with Gasteiger partial charge in [0.15, 0.2) is 5.11 Å². The van der Waals surface area contributed by atoms with Gasteiger partial charge in [-0.3, -0.25) is 0 Å². The van der Waals surface area contributed by atoms with E-state index in [4.69, 9.17) is 23.8 Å². The lowest BCUT2D eigenvalue weighted by Gasteiger charge is -2.14. The van der Waals surface area contributed by atoms with Gasteiger partial charge in [-0.25, -0.2) is 0 Å². The zero-order valence-electron chi connectivity index (χ0n) is 9.76. The first-order valence-electron chi connectivity index (χ1n) is 5.13. The van der Waals surface area contributed by atoms with E-state index in [1.807, 2.05) is 32.3 Å². The van der Waals surface area contributed by atoms with E-state index in [-0.39, 0.29) is 0 Å². The highest BCUT2D eigenvalue weighted by molar-refractivity contribution is 9.10. The molecule has 3 nitrogen and oxygen atoms in total. The van der Waals surface area contributed by atoms with Gasteiger partial charge in [0.25, 0.3) is 0 Å². The number of hydrogen-bond acceptors (Lipinski definition) is 2. The van der Waals surface area contributed by atoms with E-state index < -0.39 is 0 Å². The summed E-state index contributed by atoms with van der Waals surface area (Å²) >= 11 is 14.6. The molecule has 0 atom stereocenters. The highest BCUT2D eigenvalue weighted by atomic mass is 79.9. The SMILES string of the molecule is CN(C)CCNC(=S)Nc1ccc(Br)cc1Cl. The molecule has 17 heavy (non-hydrogen) atoms. The van der Waals surface area contributed by atoms with Gasteiger partial charge in [0.05, 0.1) is 10.7 Å². The molecule has 0 heterocycles. The lowest BCUT2D eigenvalue weighted by Crippen LogP contribution is -2.34. The van der Waals surface area contributed by atoms with Crippen molar-refractivity contribution in [3.63, 3.8) is 0 Å². The Hall–Kier alpha value is -0.360. The smallest absolute Gasteiger partial charge is 0.170 e. The molecule has 0 saturated heterocycles. The van der Waals surface area contributed by atoms with Crippen molar-refractivity contribution in [3.05, 3.63) is 27.7 Å². The molecule has 0 aliphatic rings. The number of thiocarbonyl (C=S) groups is 1. The molecule has 94 valence electrons. The number of hydrogen-bond donors (Lipinski definition) is 2. The maximum atomic E-state index is 6.07. The average Bonchev–Trinajstić information content (AvgIpc) is 2.21. The molecule has 0 amide bonds. The summed E-state index contributed by atoms with van der Waals surface area (Å²) in [4.78, 5) is 2.09. The van der Waals surface area contributed by atoms with Crippen molar-refractivity contribution in [1.82, 2.24) is 10.2 Å². The first kappa shape index (κ1) is 14.7. The van der Waals surface area contributed by atoms with E-state index in [1.165, 1.54) is 0 Å². The largest absolute Gasteiger partial charge is 0.361 e. The van der Waals surface area contributed by atoms with Gasteiger partial charge in [-0.15, -0.1) is 0 Å². The van der Waals surface area contributed by atoms with Gasteiger partial charge >= 0.3 is 0 Å². The van der Waals surface area contributed by atoms with E-state index in [0.29, 0.717) is 10.1 Å². The van der Waals surface area contributed by atoms with Crippen LogP contribution >= 0.6 is 39.7 Å². The molecule has 0 aliphatic heterocycles. The summed E-state index contributed by atoms with van der Waals surface area (Å²) in [5.74, 6) is 0. The van der Waals surface area contributed by atoms with Crippen molar-refractivity contribution < 1.29 is 0 Å². The predicted molar refractivity (Wildman–Crippen MR) is 81.9 cm³/mol. The average molecular weight is 337 g/mol. The summed E-state index contributed by atoms with van der Waals surface area (Å²) in [5.41, 5.74) is 0.803. The van der Waals surface area contributed by atoms with E-state index in [0.717, 1.165) is 23.2 Å². The number of likely N-dealkylation sites (N-methyl/N-ethyl adjacent to an activating group) is 1. The molecule has 0 radical (unpaired) electrons. The van der Waals surface area contributed by atoms with Crippen LogP contribution in [0.2, 0.25) is 5.02 Å². The summed E-state index contributed by atoms with van der Waals surface area (Å²) < 4.78 is 0.944. The van der Waals surface area contributed by atoms with Gasteiger partial charge in [-0.2, -0.15) is 0 Å². The number of nitrogens with one attached hydrogen (secondary N) is 2. The van der Waals surface area contributed by atoms with E-state index in [2.05, 4.69) is 31.5 Å². The van der Waals surface area contributed by atoms with Crippen LogP contribution in [0.1, 0.15) is 0 Å². The summed E-state index contributed by atoms with van der Waals surface area (Å²) in [6.45, 7) is 1.73. The van der Waals surface area contributed by atoms with Crippen LogP contribution in [0.25, 0.3) is 0 Å². The number of halogens is 2. The standard InChI is InChI=1S/C11H15BrClN3S/c1-16(2)6-5-14-11(17)15-10-4-3-8(12)7-9(10)13/h3-4,7H,5-6H2,1-2H3,(H2,14,15,17). The predicted octanol–water partition coefficient (Wildman–Crippen LogP) is 2.95. The Labute approximate surface area is 121 Å². The summed E-state index contributed by atoms with van der Waals surface area (Å²) in [6.07, 6.45) is 0. The molecular weight excluding hydrogens is 322 g/mol. The minimum absolute atomic E-state index is 0.580. The minimum Gasteiger partial charge on any atom is -0.361 e. The lowest BCUT2D eigenvalue weighted by molar-refractivity contribution is 0.413. The first-order chi connectivity index (χ1) is 7.99. The van der Waals surface area contributed by atoms with Crippen molar-refractivity contribution in [2.24, 2.45) is 0 Å². The van der Waals surface area contributed by atoms with Crippen LogP contribution in [0.3, 0.4) is 0 Å². The highest BCUT2D eigenvalue weighted by Gasteiger charge is 2.02. The molecular formula is C11H15BrClN3S.